The normalized spacial score (nSPS) is 21.4. The van der Waals surface area contributed by atoms with E-state index in [-0.39, 0.29) is 12.8 Å². The fourth-order valence-electron chi connectivity index (χ4n) is 7.98. The molecule has 0 radical (unpaired) electrons. The van der Waals surface area contributed by atoms with Gasteiger partial charge in [0.05, 0.1) is 25.4 Å². The van der Waals surface area contributed by atoms with Gasteiger partial charge in [-0.05, 0) is 83.5 Å². The Balaban J connectivity index is 2.32. The largest absolute Gasteiger partial charge is 0.394 e. The number of carbonyl (C=O) groups is 1. The molecule has 374 valence electrons. The van der Waals surface area contributed by atoms with E-state index in [9.17, 15) is 40.5 Å². The molecule has 0 spiro atoms. The summed E-state index contributed by atoms with van der Waals surface area (Å²) in [6.07, 6.45) is 40.6. The Bertz CT molecular complexity index is 1180. The van der Waals surface area contributed by atoms with Crippen LogP contribution in [0.1, 0.15) is 213 Å². The molecule has 0 saturated carbocycles. The third-order valence-electron chi connectivity index (χ3n) is 12.3. The molecule has 1 heterocycles. The highest BCUT2D eigenvalue weighted by Crippen LogP contribution is 2.23. The Morgan fingerprint density at radius 3 is 1.44 bits per heavy atom. The molecule has 1 aliphatic heterocycles. The summed E-state index contributed by atoms with van der Waals surface area (Å²) in [5.74, 6) is -0.730. The zero-order valence-electron chi connectivity index (χ0n) is 40.5. The van der Waals surface area contributed by atoms with E-state index in [0.717, 1.165) is 57.8 Å². The molecule has 8 N–H and O–H groups in total. The molecule has 0 aromatic carbocycles. The number of allylic oxidation sites excluding steroid dienone is 8. The van der Waals surface area contributed by atoms with Gasteiger partial charge in [0, 0.05) is 0 Å². The van der Waals surface area contributed by atoms with E-state index in [1.54, 1.807) is 0 Å². The van der Waals surface area contributed by atoms with Crippen molar-refractivity contribution in [2.45, 2.75) is 268 Å². The van der Waals surface area contributed by atoms with Crippen LogP contribution in [0.15, 0.2) is 48.6 Å². The van der Waals surface area contributed by atoms with E-state index in [1.165, 1.54) is 109 Å². The van der Waals surface area contributed by atoms with Gasteiger partial charge in [-0.25, -0.2) is 0 Å². The van der Waals surface area contributed by atoms with Crippen LogP contribution in [0, 0.1) is 0 Å². The maximum atomic E-state index is 13.0. The summed E-state index contributed by atoms with van der Waals surface area (Å²) in [6, 6.07) is -1.20. The lowest BCUT2D eigenvalue weighted by molar-refractivity contribution is -0.303. The summed E-state index contributed by atoms with van der Waals surface area (Å²) in [5.41, 5.74) is 0. The molecule has 11 nitrogen and oxygen atoms in total. The van der Waals surface area contributed by atoms with Gasteiger partial charge in [0.1, 0.15) is 36.6 Å². The molecule has 9 unspecified atom stereocenters. The lowest BCUT2D eigenvalue weighted by Crippen LogP contribution is -2.60. The van der Waals surface area contributed by atoms with E-state index >= 15 is 0 Å². The van der Waals surface area contributed by atoms with E-state index < -0.39 is 74.2 Å². The van der Waals surface area contributed by atoms with Crippen molar-refractivity contribution in [3.05, 3.63) is 48.6 Å². The van der Waals surface area contributed by atoms with E-state index in [1.807, 2.05) is 0 Å². The second-order valence-corrected chi connectivity index (χ2v) is 18.2. The van der Waals surface area contributed by atoms with Crippen LogP contribution in [-0.4, -0.2) is 110 Å². The number of hydrogen-bond acceptors (Lipinski definition) is 10. The van der Waals surface area contributed by atoms with Gasteiger partial charge in [0.2, 0.25) is 5.91 Å². The Labute approximate surface area is 389 Å². The molecule has 1 fully saturated rings. The van der Waals surface area contributed by atoms with Crippen molar-refractivity contribution >= 4 is 5.91 Å². The zero-order chi connectivity index (χ0) is 46.9. The quantitative estimate of drug-likeness (QED) is 0.0216. The molecule has 0 bridgehead atoms. The third-order valence-corrected chi connectivity index (χ3v) is 12.3. The average molecular weight is 908 g/mol. The maximum absolute atomic E-state index is 13.0. The second kappa shape index (κ2) is 42.4. The summed E-state index contributed by atoms with van der Waals surface area (Å²) in [5, 5.41) is 75.5. The fourth-order valence-corrected chi connectivity index (χ4v) is 7.98. The minimum Gasteiger partial charge on any atom is -0.394 e. The molecule has 11 heteroatoms. The van der Waals surface area contributed by atoms with Crippen molar-refractivity contribution in [2.75, 3.05) is 13.2 Å². The maximum Gasteiger partial charge on any atom is 0.249 e. The first-order valence-electron chi connectivity index (χ1n) is 26.0. The number of unbranched alkanes of at least 4 members (excludes halogenated alkanes) is 23. The first-order valence-corrected chi connectivity index (χ1v) is 26.0. The number of aliphatic hydroxyl groups excluding tert-OH is 7. The van der Waals surface area contributed by atoms with Gasteiger partial charge < -0.3 is 50.5 Å². The van der Waals surface area contributed by atoms with Gasteiger partial charge in [-0.1, -0.05) is 178 Å². The standard InChI is InChI=1S/C53H97NO10/c1-3-5-7-9-11-13-14-15-16-17-18-19-20-21-22-23-24-25-26-27-28-29-30-31-33-34-36-38-40-45(56)48(58)44(43-63-53-51(61)50(60)49(59)47(42-55)64-53)54-52(62)46(57)41-39-37-35-32-12-10-8-6-4-2/h10,12,24-25,28-29,33-34,44-51,53,55-61H,3-9,11,13-23,26-27,30-32,35-43H2,1-2H3,(H,54,62)/b12-10-,25-24+,29-28+,34-33+. The number of nitrogens with one attached hydrogen (secondary N) is 1. The van der Waals surface area contributed by atoms with Crippen LogP contribution in [0.2, 0.25) is 0 Å². The van der Waals surface area contributed by atoms with Crippen molar-refractivity contribution in [1.29, 1.82) is 0 Å². The smallest absolute Gasteiger partial charge is 0.249 e. The molecule has 0 aromatic heterocycles. The van der Waals surface area contributed by atoms with E-state index in [4.69, 9.17) is 9.47 Å². The molecule has 9 atom stereocenters. The van der Waals surface area contributed by atoms with Gasteiger partial charge in [0.15, 0.2) is 6.29 Å². The van der Waals surface area contributed by atoms with Crippen molar-refractivity contribution in [3.63, 3.8) is 0 Å². The third kappa shape index (κ3) is 31.1. The van der Waals surface area contributed by atoms with Crippen LogP contribution < -0.4 is 5.32 Å². The number of amides is 1. The molecule has 0 aliphatic carbocycles. The minimum absolute atomic E-state index is 0.226. The number of aliphatic hydroxyl groups is 7. The van der Waals surface area contributed by atoms with Crippen molar-refractivity contribution in [3.8, 4) is 0 Å². The van der Waals surface area contributed by atoms with Crippen molar-refractivity contribution in [1.82, 2.24) is 5.32 Å². The van der Waals surface area contributed by atoms with Crippen LogP contribution in [0.5, 0.6) is 0 Å². The van der Waals surface area contributed by atoms with Crippen LogP contribution in [-0.2, 0) is 14.3 Å². The Hall–Kier alpha value is -1.93. The lowest BCUT2D eigenvalue weighted by atomic mass is 9.98. The highest BCUT2D eigenvalue weighted by molar-refractivity contribution is 5.80. The van der Waals surface area contributed by atoms with E-state index in [2.05, 4.69) is 67.8 Å². The van der Waals surface area contributed by atoms with Gasteiger partial charge >= 0.3 is 0 Å². The number of carbonyl (C=O) groups excluding carboxylic acids is 1. The zero-order valence-corrected chi connectivity index (χ0v) is 40.5. The summed E-state index contributed by atoms with van der Waals surface area (Å²) in [6.45, 7) is 3.35. The Kier molecular flexibility index (Phi) is 39.8. The molecular weight excluding hydrogens is 811 g/mol. The first kappa shape index (κ1) is 60.1. The molecule has 64 heavy (non-hydrogen) atoms. The minimum atomic E-state index is -1.67. The van der Waals surface area contributed by atoms with Gasteiger partial charge in [-0.2, -0.15) is 0 Å². The van der Waals surface area contributed by atoms with Gasteiger partial charge in [0.25, 0.3) is 0 Å². The van der Waals surface area contributed by atoms with E-state index in [0.29, 0.717) is 19.3 Å². The number of ether oxygens (including phenoxy) is 2. The molecular formula is C53H97NO10. The molecule has 1 amide bonds. The van der Waals surface area contributed by atoms with Crippen LogP contribution in [0.3, 0.4) is 0 Å². The molecule has 1 rings (SSSR count). The second-order valence-electron chi connectivity index (χ2n) is 18.2. The summed E-state index contributed by atoms with van der Waals surface area (Å²) >= 11 is 0. The predicted octanol–water partition coefficient (Wildman–Crippen LogP) is 9.73. The first-order chi connectivity index (χ1) is 31.2. The highest BCUT2D eigenvalue weighted by Gasteiger charge is 2.44. The molecule has 1 aliphatic rings. The summed E-state index contributed by atoms with van der Waals surface area (Å²) in [7, 11) is 0. The monoisotopic (exact) mass is 908 g/mol. The molecule has 0 aromatic rings. The van der Waals surface area contributed by atoms with Crippen LogP contribution in [0.4, 0.5) is 0 Å². The Morgan fingerprint density at radius 1 is 0.531 bits per heavy atom. The lowest BCUT2D eigenvalue weighted by Gasteiger charge is -2.40. The Morgan fingerprint density at radius 2 is 0.953 bits per heavy atom. The average Bonchev–Trinajstić information content (AvgIpc) is 3.29. The van der Waals surface area contributed by atoms with Gasteiger partial charge in [-0.15, -0.1) is 0 Å². The van der Waals surface area contributed by atoms with Crippen LogP contribution in [0.25, 0.3) is 0 Å². The highest BCUT2D eigenvalue weighted by atomic mass is 16.7. The SMILES string of the molecule is CCCC/C=C\CCCCCC(O)C(=O)NC(COC1OC(CO)C(O)C(O)C1O)C(O)C(O)CCC/C=C/CC/C=C/CC/C=C/CCCCCCCCCCCCCCCCC. The summed E-state index contributed by atoms with van der Waals surface area (Å²) in [4.78, 5) is 13.0. The molecule has 1 saturated heterocycles. The van der Waals surface area contributed by atoms with Gasteiger partial charge in [-0.3, -0.25) is 4.79 Å². The number of rotatable bonds is 43. The van der Waals surface area contributed by atoms with Crippen molar-refractivity contribution in [2.24, 2.45) is 0 Å². The summed E-state index contributed by atoms with van der Waals surface area (Å²) < 4.78 is 11.1. The van der Waals surface area contributed by atoms with Crippen LogP contribution >= 0.6 is 0 Å². The fraction of sp³-hybridized carbons (Fsp3) is 0.830. The van der Waals surface area contributed by atoms with Crippen molar-refractivity contribution < 1.29 is 50.0 Å². The predicted molar refractivity (Wildman–Crippen MR) is 261 cm³/mol. The topological polar surface area (TPSA) is 189 Å². The number of hydrogen-bond donors (Lipinski definition) is 8.